The SMILES string of the molecule is NC(=O)c1cnc(C(F)F)cc1I. The summed E-state index contributed by atoms with van der Waals surface area (Å²) in [6.07, 6.45) is -1.57. The van der Waals surface area contributed by atoms with Crippen molar-refractivity contribution < 1.29 is 13.6 Å². The summed E-state index contributed by atoms with van der Waals surface area (Å²) < 4.78 is 24.6. The van der Waals surface area contributed by atoms with Crippen LogP contribution in [0.5, 0.6) is 0 Å². The van der Waals surface area contributed by atoms with Gasteiger partial charge < -0.3 is 5.73 Å². The van der Waals surface area contributed by atoms with Crippen molar-refractivity contribution in [3.63, 3.8) is 0 Å². The van der Waals surface area contributed by atoms with E-state index in [1.54, 1.807) is 22.6 Å². The molecule has 0 spiro atoms. The fourth-order valence-electron chi connectivity index (χ4n) is 0.746. The largest absolute Gasteiger partial charge is 0.366 e. The Hall–Kier alpha value is -0.790. The summed E-state index contributed by atoms with van der Waals surface area (Å²) >= 11 is 1.76. The number of rotatable bonds is 2. The molecule has 70 valence electrons. The van der Waals surface area contributed by atoms with Gasteiger partial charge in [-0.15, -0.1) is 0 Å². The molecule has 6 heteroatoms. The van der Waals surface area contributed by atoms with Crippen LogP contribution in [0.15, 0.2) is 12.3 Å². The molecule has 1 heterocycles. The molecule has 0 saturated heterocycles. The Bertz CT molecular complexity index is 343. The summed E-state index contributed by atoms with van der Waals surface area (Å²) in [5, 5.41) is 0. The molecular weight excluding hydrogens is 293 g/mol. The summed E-state index contributed by atoms with van der Waals surface area (Å²) in [5.41, 5.74) is 4.77. The zero-order valence-corrected chi connectivity index (χ0v) is 8.46. The maximum atomic E-state index is 12.1. The standard InChI is InChI=1S/C7H5F2IN2O/c8-6(9)5-1-4(10)3(2-12-5)7(11)13/h1-2,6H,(H2,11,13). The maximum absolute atomic E-state index is 12.1. The third-order valence-electron chi connectivity index (χ3n) is 1.36. The molecule has 0 bridgehead atoms. The number of amides is 1. The average Bonchev–Trinajstić information content (AvgIpc) is 2.03. The van der Waals surface area contributed by atoms with Gasteiger partial charge in [-0.25, -0.2) is 8.78 Å². The van der Waals surface area contributed by atoms with Crippen LogP contribution in [0.1, 0.15) is 22.5 Å². The molecule has 0 radical (unpaired) electrons. The van der Waals surface area contributed by atoms with E-state index < -0.39 is 12.3 Å². The lowest BCUT2D eigenvalue weighted by molar-refractivity contribution is 0.0998. The second-order valence-corrected chi connectivity index (χ2v) is 3.42. The molecule has 1 aromatic rings. The van der Waals surface area contributed by atoms with E-state index in [1.807, 2.05) is 0 Å². The van der Waals surface area contributed by atoms with E-state index in [1.165, 1.54) is 0 Å². The van der Waals surface area contributed by atoms with E-state index in [0.29, 0.717) is 3.57 Å². The van der Waals surface area contributed by atoms with Crippen LogP contribution in [0.4, 0.5) is 8.78 Å². The van der Waals surface area contributed by atoms with Crippen LogP contribution < -0.4 is 5.73 Å². The molecule has 1 aromatic heterocycles. The predicted octanol–water partition coefficient (Wildman–Crippen LogP) is 1.72. The summed E-state index contributed by atoms with van der Waals surface area (Å²) in [6, 6.07) is 1.14. The van der Waals surface area contributed by atoms with Crippen LogP contribution in [0, 0.1) is 3.57 Å². The number of hydrogen-bond donors (Lipinski definition) is 1. The number of primary amides is 1. The molecular formula is C7H5F2IN2O. The lowest BCUT2D eigenvalue weighted by Gasteiger charge is -2.02. The van der Waals surface area contributed by atoms with Crippen molar-refractivity contribution in [3.8, 4) is 0 Å². The van der Waals surface area contributed by atoms with Gasteiger partial charge in [0.2, 0.25) is 0 Å². The molecule has 0 fully saturated rings. The zero-order chi connectivity index (χ0) is 10.0. The highest BCUT2D eigenvalue weighted by Crippen LogP contribution is 2.20. The second kappa shape index (κ2) is 3.95. The molecule has 2 N–H and O–H groups in total. The van der Waals surface area contributed by atoms with Crippen LogP contribution in [0.3, 0.4) is 0 Å². The smallest absolute Gasteiger partial charge is 0.280 e. The molecule has 0 aliphatic rings. The van der Waals surface area contributed by atoms with Crippen molar-refractivity contribution in [3.05, 3.63) is 27.1 Å². The first-order valence-electron chi connectivity index (χ1n) is 3.25. The van der Waals surface area contributed by atoms with Gasteiger partial charge in [-0.2, -0.15) is 0 Å². The highest BCUT2D eigenvalue weighted by atomic mass is 127. The van der Waals surface area contributed by atoms with Crippen molar-refractivity contribution in [1.82, 2.24) is 4.98 Å². The minimum atomic E-state index is -2.63. The van der Waals surface area contributed by atoms with Crippen LogP contribution >= 0.6 is 22.6 Å². The van der Waals surface area contributed by atoms with E-state index in [-0.39, 0.29) is 11.3 Å². The molecule has 0 atom stereocenters. The van der Waals surface area contributed by atoms with Crippen LogP contribution in [0.25, 0.3) is 0 Å². The molecule has 3 nitrogen and oxygen atoms in total. The average molecular weight is 298 g/mol. The maximum Gasteiger partial charge on any atom is 0.280 e. The number of nitrogens with zero attached hydrogens (tertiary/aromatic N) is 1. The van der Waals surface area contributed by atoms with E-state index in [9.17, 15) is 13.6 Å². The Morgan fingerprint density at radius 1 is 1.62 bits per heavy atom. The summed E-state index contributed by atoms with van der Waals surface area (Å²) in [4.78, 5) is 14.1. The number of pyridine rings is 1. The molecule has 0 aliphatic heterocycles. The molecule has 13 heavy (non-hydrogen) atoms. The van der Waals surface area contributed by atoms with Gasteiger partial charge in [-0.05, 0) is 28.7 Å². The summed E-state index contributed by atoms with van der Waals surface area (Å²) in [7, 11) is 0. The minimum Gasteiger partial charge on any atom is -0.366 e. The fraction of sp³-hybridized carbons (Fsp3) is 0.143. The first-order chi connectivity index (χ1) is 6.02. The molecule has 0 saturated carbocycles. The molecule has 0 unspecified atom stereocenters. The van der Waals surface area contributed by atoms with Gasteiger partial charge in [-0.1, -0.05) is 0 Å². The normalized spacial score (nSPS) is 10.5. The number of hydrogen-bond acceptors (Lipinski definition) is 2. The molecule has 0 aliphatic carbocycles. The van der Waals surface area contributed by atoms with Crippen molar-refractivity contribution in [2.45, 2.75) is 6.43 Å². The Labute approximate surface area is 86.5 Å². The van der Waals surface area contributed by atoms with Crippen LogP contribution in [0.2, 0.25) is 0 Å². The Morgan fingerprint density at radius 3 is 2.62 bits per heavy atom. The Kier molecular flexibility index (Phi) is 3.12. The quantitative estimate of drug-likeness (QED) is 0.845. The summed E-state index contributed by atoms with van der Waals surface area (Å²) in [5.74, 6) is -0.669. The van der Waals surface area contributed by atoms with Gasteiger partial charge in [0.05, 0.1) is 5.56 Å². The lowest BCUT2D eigenvalue weighted by Crippen LogP contribution is -2.13. The van der Waals surface area contributed by atoms with Gasteiger partial charge >= 0.3 is 0 Å². The van der Waals surface area contributed by atoms with E-state index in [0.717, 1.165) is 12.3 Å². The van der Waals surface area contributed by atoms with E-state index in [2.05, 4.69) is 4.98 Å². The third-order valence-corrected chi connectivity index (χ3v) is 2.26. The highest BCUT2D eigenvalue weighted by Gasteiger charge is 2.13. The fourth-order valence-corrected chi connectivity index (χ4v) is 1.47. The highest BCUT2D eigenvalue weighted by molar-refractivity contribution is 14.1. The van der Waals surface area contributed by atoms with Crippen molar-refractivity contribution in [2.75, 3.05) is 0 Å². The monoisotopic (exact) mass is 298 g/mol. The molecule has 1 amide bonds. The Balaban J connectivity index is 3.13. The van der Waals surface area contributed by atoms with Gasteiger partial charge in [0.25, 0.3) is 12.3 Å². The van der Waals surface area contributed by atoms with Gasteiger partial charge in [0.15, 0.2) is 0 Å². The van der Waals surface area contributed by atoms with Gasteiger partial charge in [0, 0.05) is 9.77 Å². The van der Waals surface area contributed by atoms with Crippen LogP contribution in [-0.4, -0.2) is 10.9 Å². The molecule has 1 rings (SSSR count). The summed E-state index contributed by atoms with van der Waals surface area (Å²) in [6.45, 7) is 0. The second-order valence-electron chi connectivity index (χ2n) is 2.25. The van der Waals surface area contributed by atoms with Gasteiger partial charge in [-0.3, -0.25) is 9.78 Å². The van der Waals surface area contributed by atoms with Crippen LogP contribution in [-0.2, 0) is 0 Å². The third kappa shape index (κ3) is 2.33. The van der Waals surface area contributed by atoms with Gasteiger partial charge in [0.1, 0.15) is 5.69 Å². The van der Waals surface area contributed by atoms with E-state index in [4.69, 9.17) is 5.73 Å². The van der Waals surface area contributed by atoms with Crippen molar-refractivity contribution in [2.24, 2.45) is 5.73 Å². The minimum absolute atomic E-state index is 0.157. The number of aromatic nitrogens is 1. The van der Waals surface area contributed by atoms with E-state index >= 15 is 0 Å². The lowest BCUT2D eigenvalue weighted by atomic mass is 10.2. The van der Waals surface area contributed by atoms with Crippen molar-refractivity contribution >= 4 is 28.5 Å². The number of nitrogens with two attached hydrogens (primary N) is 1. The number of carbonyl (C=O) groups excluding carboxylic acids is 1. The first-order valence-corrected chi connectivity index (χ1v) is 4.33. The topological polar surface area (TPSA) is 56.0 Å². The van der Waals surface area contributed by atoms with Crippen molar-refractivity contribution in [1.29, 1.82) is 0 Å². The Morgan fingerprint density at radius 2 is 2.23 bits per heavy atom. The molecule has 0 aromatic carbocycles. The first kappa shape index (κ1) is 10.3. The number of carbonyl (C=O) groups is 1. The number of alkyl halides is 2. The predicted molar refractivity (Wildman–Crippen MR) is 50.4 cm³/mol. The zero-order valence-electron chi connectivity index (χ0n) is 6.30. The number of halogens is 3.